The first-order valence-electron chi connectivity index (χ1n) is 7.93. The minimum atomic E-state index is -0.457. The number of hydrogen-bond acceptors (Lipinski definition) is 5. The van der Waals surface area contributed by atoms with Crippen molar-refractivity contribution >= 4 is 17.4 Å². The van der Waals surface area contributed by atoms with Gasteiger partial charge in [0.2, 0.25) is 0 Å². The number of hydrazone groups is 1. The number of ether oxygens (including phenoxy) is 1. The molecule has 1 aromatic rings. The van der Waals surface area contributed by atoms with Gasteiger partial charge >= 0.3 is 5.97 Å². The van der Waals surface area contributed by atoms with Gasteiger partial charge in [-0.05, 0) is 25.8 Å². The minimum absolute atomic E-state index is 0.325. The smallest absolute Gasteiger partial charge is 0.304 e. The highest BCUT2D eigenvalue weighted by atomic mass is 16.6. The molecule has 0 aliphatic heterocycles. The van der Waals surface area contributed by atoms with E-state index in [2.05, 4.69) is 10.5 Å². The largest absolute Gasteiger partial charge is 0.441 e. The molecule has 1 aliphatic carbocycles. The number of rotatable bonds is 5. The normalized spacial score (nSPS) is 17.8. The van der Waals surface area contributed by atoms with Crippen molar-refractivity contribution < 1.29 is 9.53 Å². The summed E-state index contributed by atoms with van der Waals surface area (Å²) in [6.07, 6.45) is 5.51. The highest BCUT2D eigenvalue weighted by molar-refractivity contribution is 6.06. The average Bonchev–Trinajstić information content (AvgIpc) is 2.49. The van der Waals surface area contributed by atoms with E-state index in [1.165, 1.54) is 26.2 Å². The number of nitrogen functional groups attached to an aromatic ring is 1. The van der Waals surface area contributed by atoms with E-state index < -0.39 is 6.23 Å². The number of carbonyl (C=O) groups is 1. The summed E-state index contributed by atoms with van der Waals surface area (Å²) < 4.78 is 5.07. The molecule has 5 nitrogen and oxygen atoms in total. The van der Waals surface area contributed by atoms with Crippen molar-refractivity contribution in [2.75, 3.05) is 5.73 Å². The number of nitrogens with zero attached hydrogens (tertiary/aromatic N) is 1. The molecular formula is C17H25N3O2. The third-order valence-corrected chi connectivity index (χ3v) is 3.94. The van der Waals surface area contributed by atoms with Gasteiger partial charge in [-0.1, -0.05) is 37.5 Å². The Bertz CT molecular complexity index is 536. The molecule has 2 rings (SSSR count). The Hall–Kier alpha value is -2.04. The lowest BCUT2D eigenvalue weighted by atomic mass is 9.83. The van der Waals surface area contributed by atoms with Crippen LogP contribution in [0.4, 0.5) is 5.69 Å². The Kier molecular flexibility index (Phi) is 5.81. The molecular weight excluding hydrogens is 278 g/mol. The quantitative estimate of drug-likeness (QED) is 0.288. The van der Waals surface area contributed by atoms with Gasteiger partial charge in [-0.25, -0.2) is 0 Å². The number of anilines is 1. The number of esters is 1. The summed E-state index contributed by atoms with van der Waals surface area (Å²) in [6, 6.07) is 7.79. The molecule has 0 aromatic heterocycles. The molecule has 0 amide bonds. The van der Waals surface area contributed by atoms with Crippen LogP contribution in [0.3, 0.4) is 0 Å². The van der Waals surface area contributed by atoms with Gasteiger partial charge in [0.1, 0.15) is 0 Å². The molecule has 1 fully saturated rings. The van der Waals surface area contributed by atoms with Crippen LogP contribution in [0.5, 0.6) is 0 Å². The summed E-state index contributed by atoms with van der Waals surface area (Å²) in [5.41, 5.74) is 11.7. The molecule has 120 valence electrons. The van der Waals surface area contributed by atoms with Crippen LogP contribution in [0, 0.1) is 5.92 Å². The van der Waals surface area contributed by atoms with E-state index in [9.17, 15) is 4.79 Å². The van der Waals surface area contributed by atoms with Gasteiger partial charge in [0.25, 0.3) is 0 Å². The van der Waals surface area contributed by atoms with Gasteiger partial charge in [0, 0.05) is 24.1 Å². The topological polar surface area (TPSA) is 76.7 Å². The summed E-state index contributed by atoms with van der Waals surface area (Å²) in [5, 5.41) is 4.54. The monoisotopic (exact) mass is 303 g/mol. The molecule has 0 radical (unpaired) electrons. The Morgan fingerprint density at radius 1 is 1.32 bits per heavy atom. The van der Waals surface area contributed by atoms with Crippen molar-refractivity contribution in [3.8, 4) is 0 Å². The first-order valence-corrected chi connectivity index (χ1v) is 7.93. The number of nitrogens with one attached hydrogen (secondary N) is 1. The van der Waals surface area contributed by atoms with Crippen molar-refractivity contribution in [3.63, 3.8) is 0 Å². The van der Waals surface area contributed by atoms with Crippen LogP contribution in [-0.4, -0.2) is 17.9 Å². The van der Waals surface area contributed by atoms with Crippen LogP contribution >= 0.6 is 0 Å². The molecule has 22 heavy (non-hydrogen) atoms. The summed E-state index contributed by atoms with van der Waals surface area (Å²) in [5.74, 6) is 0.0733. The zero-order chi connectivity index (χ0) is 15.9. The maximum Gasteiger partial charge on any atom is 0.304 e. The zero-order valence-electron chi connectivity index (χ0n) is 13.3. The van der Waals surface area contributed by atoms with Gasteiger partial charge in [-0.3, -0.25) is 10.2 Å². The summed E-state index contributed by atoms with van der Waals surface area (Å²) in [4.78, 5) is 11.0. The molecule has 1 saturated carbocycles. The molecule has 0 bridgehead atoms. The van der Waals surface area contributed by atoms with Gasteiger partial charge in [-0.2, -0.15) is 5.10 Å². The van der Waals surface area contributed by atoms with E-state index in [0.29, 0.717) is 5.92 Å². The van der Waals surface area contributed by atoms with Crippen LogP contribution in [-0.2, 0) is 9.53 Å². The average molecular weight is 303 g/mol. The predicted molar refractivity (Wildman–Crippen MR) is 88.3 cm³/mol. The van der Waals surface area contributed by atoms with Crippen LogP contribution < -0.4 is 11.2 Å². The number of carbonyl (C=O) groups excluding carboxylic acids is 1. The molecule has 1 atom stereocenters. The standard InChI is InChI=1S/C17H25N3O2/c1-12(22-13(2)21)19-20-17(14-8-4-3-5-9-14)15-10-6-7-11-16(15)18/h6-7,10-12,14,19H,3-5,8-9,18H2,1-2H3. The highest BCUT2D eigenvalue weighted by Crippen LogP contribution is 2.29. The first kappa shape index (κ1) is 16.3. The fourth-order valence-electron chi connectivity index (χ4n) is 2.91. The number of para-hydroxylation sites is 1. The van der Waals surface area contributed by atoms with Gasteiger partial charge in [-0.15, -0.1) is 0 Å². The predicted octanol–water partition coefficient (Wildman–Crippen LogP) is 3.05. The maximum atomic E-state index is 11.0. The first-order chi connectivity index (χ1) is 10.6. The minimum Gasteiger partial charge on any atom is -0.441 e. The molecule has 1 aromatic carbocycles. The van der Waals surface area contributed by atoms with E-state index in [4.69, 9.17) is 10.5 Å². The van der Waals surface area contributed by atoms with Crippen LogP contribution in [0.1, 0.15) is 51.5 Å². The van der Waals surface area contributed by atoms with E-state index in [-0.39, 0.29) is 5.97 Å². The lowest BCUT2D eigenvalue weighted by Crippen LogP contribution is -2.30. The van der Waals surface area contributed by atoms with Gasteiger partial charge in [0.15, 0.2) is 6.23 Å². The van der Waals surface area contributed by atoms with Gasteiger partial charge < -0.3 is 10.5 Å². The van der Waals surface area contributed by atoms with Crippen molar-refractivity contribution in [2.45, 2.75) is 52.2 Å². The van der Waals surface area contributed by atoms with Crippen molar-refractivity contribution in [3.05, 3.63) is 29.8 Å². The second kappa shape index (κ2) is 7.82. The summed E-state index contributed by atoms with van der Waals surface area (Å²) >= 11 is 0. The number of nitrogens with two attached hydrogens (primary N) is 1. The Morgan fingerprint density at radius 3 is 2.64 bits per heavy atom. The second-order valence-electron chi connectivity index (χ2n) is 5.80. The van der Waals surface area contributed by atoms with Crippen molar-refractivity contribution in [1.82, 2.24) is 5.43 Å². The van der Waals surface area contributed by atoms with Crippen molar-refractivity contribution in [1.29, 1.82) is 0 Å². The van der Waals surface area contributed by atoms with Crippen molar-refractivity contribution in [2.24, 2.45) is 11.0 Å². The third-order valence-electron chi connectivity index (χ3n) is 3.94. The molecule has 5 heteroatoms. The van der Waals surface area contributed by atoms with Crippen LogP contribution in [0.15, 0.2) is 29.4 Å². The molecule has 0 saturated heterocycles. The lowest BCUT2D eigenvalue weighted by Gasteiger charge is -2.25. The molecule has 1 unspecified atom stereocenters. The van der Waals surface area contributed by atoms with E-state index in [0.717, 1.165) is 29.8 Å². The fourth-order valence-corrected chi connectivity index (χ4v) is 2.91. The molecule has 3 N–H and O–H groups in total. The van der Waals surface area contributed by atoms with Gasteiger partial charge in [0.05, 0.1) is 5.71 Å². The summed E-state index contributed by atoms with van der Waals surface area (Å²) in [7, 11) is 0. The summed E-state index contributed by atoms with van der Waals surface area (Å²) in [6.45, 7) is 3.15. The number of hydrogen-bond donors (Lipinski definition) is 2. The molecule has 0 heterocycles. The van der Waals surface area contributed by atoms with E-state index in [1.807, 2.05) is 24.3 Å². The maximum absolute atomic E-state index is 11.0. The zero-order valence-corrected chi connectivity index (χ0v) is 13.3. The Labute approximate surface area is 131 Å². The molecule has 0 spiro atoms. The molecule has 1 aliphatic rings. The second-order valence-corrected chi connectivity index (χ2v) is 5.80. The van der Waals surface area contributed by atoms with E-state index >= 15 is 0 Å². The Balaban J connectivity index is 2.21. The third kappa shape index (κ3) is 4.48. The highest BCUT2D eigenvalue weighted by Gasteiger charge is 2.22. The van der Waals surface area contributed by atoms with E-state index in [1.54, 1.807) is 6.92 Å². The number of benzene rings is 1. The van der Waals surface area contributed by atoms with Crippen LogP contribution in [0.2, 0.25) is 0 Å². The Morgan fingerprint density at radius 2 is 2.00 bits per heavy atom. The SMILES string of the molecule is CC(=O)OC(C)NN=C(c1ccccc1N)C1CCCCC1. The van der Waals surface area contributed by atoms with Crippen LogP contribution in [0.25, 0.3) is 0 Å². The lowest BCUT2D eigenvalue weighted by molar-refractivity contribution is -0.146. The fraction of sp³-hybridized carbons (Fsp3) is 0.529.